The van der Waals surface area contributed by atoms with E-state index >= 15 is 0 Å². The van der Waals surface area contributed by atoms with E-state index in [-0.39, 0.29) is 4.83 Å². The van der Waals surface area contributed by atoms with Gasteiger partial charge in [0, 0.05) is 0 Å². The molecule has 3 heteroatoms. The topological polar surface area (TPSA) is 17.1 Å². The molecule has 0 aliphatic heterocycles. The summed E-state index contributed by atoms with van der Waals surface area (Å²) in [5.41, 5.74) is 2.76. The maximum atomic E-state index is 12.9. The molecule has 0 saturated heterocycles. The summed E-state index contributed by atoms with van der Waals surface area (Å²) in [7, 11) is 0. The molecule has 194 valence electrons. The van der Waals surface area contributed by atoms with Crippen molar-refractivity contribution in [2.24, 2.45) is 56.7 Å². The minimum Gasteiger partial charge on any atom is -0.297 e. The second-order valence-electron chi connectivity index (χ2n) is 15.4. The first-order chi connectivity index (χ1) is 15.6. The van der Waals surface area contributed by atoms with Gasteiger partial charge in [0.05, 0.1) is 9.15 Å². The first kappa shape index (κ1) is 26.2. The van der Waals surface area contributed by atoms with Gasteiger partial charge >= 0.3 is 0 Å². The largest absolute Gasteiger partial charge is 0.297 e. The standard InChI is InChI=1S/C31H50Br2O/c1-19(17-22(32)25(34)27(5,6)33)21-12-13-29(8)24-10-9-23-26(3,4)20(2)11-14-30(23)18-31(24,30)16-15-28(21,29)7/h19-24H,9-18H2,1-8H3/t19-,20+,21-,22?,23+,24+,28-,29+,30-,31+/m1/s1. The number of rotatable bonds is 5. The van der Waals surface area contributed by atoms with Crippen molar-refractivity contribution in [1.82, 2.24) is 0 Å². The van der Waals surface area contributed by atoms with Crippen molar-refractivity contribution in [3.8, 4) is 0 Å². The zero-order chi connectivity index (χ0) is 25.1. The predicted octanol–water partition coefficient (Wildman–Crippen LogP) is 9.59. The zero-order valence-electron chi connectivity index (χ0n) is 23.2. The molecule has 5 saturated carbocycles. The van der Waals surface area contributed by atoms with Crippen molar-refractivity contribution in [3.05, 3.63) is 0 Å². The van der Waals surface area contributed by atoms with E-state index in [1.165, 1.54) is 51.4 Å². The van der Waals surface area contributed by atoms with Crippen molar-refractivity contribution in [3.63, 3.8) is 0 Å². The molecular weight excluding hydrogens is 548 g/mol. The molecule has 0 aromatic heterocycles. The number of hydrogen-bond donors (Lipinski definition) is 0. The van der Waals surface area contributed by atoms with Gasteiger partial charge < -0.3 is 0 Å². The maximum absolute atomic E-state index is 12.9. The molecule has 0 radical (unpaired) electrons. The van der Waals surface area contributed by atoms with Crippen molar-refractivity contribution in [1.29, 1.82) is 0 Å². The highest BCUT2D eigenvalue weighted by Gasteiger charge is 2.81. The Morgan fingerprint density at radius 3 is 2.18 bits per heavy atom. The molecular formula is C31H50Br2O. The van der Waals surface area contributed by atoms with E-state index in [9.17, 15) is 4.79 Å². The SMILES string of the molecule is C[C@H](CC(Br)C(=O)C(C)(C)Br)[C@H]1CC[C@@]2(C)[C@@H]3CC[C@H]4C(C)(C)[C@@H](C)CC[C@@]45C[C@@]35CC[C@]12C. The van der Waals surface area contributed by atoms with Crippen LogP contribution in [0.2, 0.25) is 0 Å². The number of halogens is 2. The summed E-state index contributed by atoms with van der Waals surface area (Å²) in [6, 6.07) is 0. The molecule has 0 heterocycles. The predicted molar refractivity (Wildman–Crippen MR) is 151 cm³/mol. The van der Waals surface area contributed by atoms with Gasteiger partial charge in [-0.2, -0.15) is 0 Å². The van der Waals surface area contributed by atoms with Crippen LogP contribution in [0, 0.1) is 56.7 Å². The Hall–Kier alpha value is 0.630. The number of carbonyl (C=O) groups is 1. The number of hydrogen-bond acceptors (Lipinski definition) is 1. The molecule has 0 bridgehead atoms. The normalized spacial score (nSPS) is 50.9. The Kier molecular flexibility index (Phi) is 6.04. The van der Waals surface area contributed by atoms with Crippen molar-refractivity contribution in [2.75, 3.05) is 0 Å². The fraction of sp³-hybridized carbons (Fsp3) is 0.968. The fourth-order valence-electron chi connectivity index (χ4n) is 11.5. The van der Waals surface area contributed by atoms with Gasteiger partial charge in [0.2, 0.25) is 0 Å². The average molecular weight is 599 g/mol. The third kappa shape index (κ3) is 3.22. The van der Waals surface area contributed by atoms with E-state index in [4.69, 9.17) is 0 Å². The Balaban J connectivity index is 1.38. The maximum Gasteiger partial charge on any atom is 0.162 e. The summed E-state index contributed by atoms with van der Waals surface area (Å²) in [5.74, 6) is 4.39. The lowest BCUT2D eigenvalue weighted by molar-refractivity contribution is -0.149. The molecule has 5 aliphatic rings. The van der Waals surface area contributed by atoms with E-state index in [2.05, 4.69) is 73.4 Å². The van der Waals surface area contributed by atoms with Crippen LogP contribution in [0.25, 0.3) is 0 Å². The van der Waals surface area contributed by atoms with Crippen molar-refractivity contribution < 1.29 is 4.79 Å². The lowest BCUT2D eigenvalue weighted by Crippen LogP contribution is -2.56. The Morgan fingerprint density at radius 1 is 0.912 bits per heavy atom. The number of ketones is 1. The second kappa shape index (κ2) is 7.83. The molecule has 5 fully saturated rings. The first-order valence-corrected chi connectivity index (χ1v) is 16.1. The van der Waals surface area contributed by atoms with Gasteiger partial charge in [0.1, 0.15) is 0 Å². The van der Waals surface area contributed by atoms with Gasteiger partial charge in [-0.25, -0.2) is 0 Å². The first-order valence-electron chi connectivity index (χ1n) is 14.4. The molecule has 1 unspecified atom stereocenters. The highest BCUT2D eigenvalue weighted by Crippen LogP contribution is 2.89. The third-order valence-corrected chi connectivity index (χ3v) is 15.0. The van der Waals surface area contributed by atoms with Crippen LogP contribution in [0.1, 0.15) is 120 Å². The summed E-state index contributed by atoms with van der Waals surface area (Å²) in [4.78, 5) is 12.8. The molecule has 5 rings (SSSR count). The van der Waals surface area contributed by atoms with Gasteiger partial charge in [-0.15, -0.1) is 0 Å². The van der Waals surface area contributed by atoms with E-state index in [1.54, 1.807) is 6.42 Å². The molecule has 10 atom stereocenters. The monoisotopic (exact) mass is 596 g/mol. The lowest BCUT2D eigenvalue weighted by Gasteiger charge is -2.63. The van der Waals surface area contributed by atoms with Crippen LogP contribution in [0.15, 0.2) is 0 Å². The van der Waals surface area contributed by atoms with Crippen LogP contribution in [0.5, 0.6) is 0 Å². The molecule has 2 spiro atoms. The van der Waals surface area contributed by atoms with Crippen molar-refractivity contribution in [2.45, 2.75) is 129 Å². The number of carbonyl (C=O) groups excluding carboxylic acids is 1. The van der Waals surface area contributed by atoms with Crippen LogP contribution in [0.3, 0.4) is 0 Å². The zero-order valence-corrected chi connectivity index (χ0v) is 26.4. The van der Waals surface area contributed by atoms with Gasteiger partial charge in [0.25, 0.3) is 0 Å². The Labute approximate surface area is 227 Å². The molecule has 0 aromatic carbocycles. The summed E-state index contributed by atoms with van der Waals surface area (Å²) in [5, 5.41) is 0. The Morgan fingerprint density at radius 2 is 1.53 bits per heavy atom. The summed E-state index contributed by atoms with van der Waals surface area (Å²) in [6.45, 7) is 19.6. The molecule has 0 aromatic rings. The van der Waals surface area contributed by atoms with Crippen LogP contribution in [0.4, 0.5) is 0 Å². The summed E-state index contributed by atoms with van der Waals surface area (Å²) < 4.78 is -0.448. The quantitative estimate of drug-likeness (QED) is 0.288. The highest BCUT2D eigenvalue weighted by atomic mass is 79.9. The fourth-order valence-corrected chi connectivity index (χ4v) is 13.2. The number of alkyl halides is 2. The number of fused-ring (bicyclic) bond motifs is 2. The lowest BCUT2D eigenvalue weighted by atomic mass is 9.41. The Bertz CT molecular complexity index is 858. The molecule has 5 aliphatic carbocycles. The van der Waals surface area contributed by atoms with Crippen molar-refractivity contribution >= 4 is 37.6 Å². The molecule has 34 heavy (non-hydrogen) atoms. The molecule has 1 nitrogen and oxygen atoms in total. The van der Waals surface area contributed by atoms with Crippen LogP contribution in [-0.2, 0) is 4.79 Å². The molecule has 0 N–H and O–H groups in total. The van der Waals surface area contributed by atoms with E-state index < -0.39 is 4.32 Å². The van der Waals surface area contributed by atoms with Crippen LogP contribution in [-0.4, -0.2) is 14.9 Å². The van der Waals surface area contributed by atoms with E-state index in [0.717, 1.165) is 30.1 Å². The van der Waals surface area contributed by atoms with Crippen LogP contribution >= 0.6 is 31.9 Å². The van der Waals surface area contributed by atoms with E-state index in [1.807, 2.05) is 13.8 Å². The van der Waals surface area contributed by atoms with Crippen LogP contribution < -0.4 is 0 Å². The summed E-state index contributed by atoms with van der Waals surface area (Å²) >= 11 is 7.39. The molecule has 0 amide bonds. The second-order valence-corrected chi connectivity index (χ2v) is 18.5. The highest BCUT2D eigenvalue weighted by molar-refractivity contribution is 9.11. The summed E-state index contributed by atoms with van der Waals surface area (Å²) in [6.07, 6.45) is 14.1. The minimum atomic E-state index is -0.448. The van der Waals surface area contributed by atoms with Gasteiger partial charge in [0.15, 0.2) is 5.78 Å². The van der Waals surface area contributed by atoms with Gasteiger partial charge in [-0.1, -0.05) is 73.4 Å². The van der Waals surface area contributed by atoms with E-state index in [0.29, 0.717) is 38.8 Å². The minimum absolute atomic E-state index is 0.0455. The average Bonchev–Trinajstić information content (AvgIpc) is 3.32. The van der Waals surface area contributed by atoms with Gasteiger partial charge in [-0.3, -0.25) is 4.79 Å². The smallest absolute Gasteiger partial charge is 0.162 e. The third-order valence-electron chi connectivity index (χ3n) is 13.9. The number of Topliss-reactive ketones (excluding diaryl/α,β-unsaturated/α-hetero) is 1. The van der Waals surface area contributed by atoms with Gasteiger partial charge in [-0.05, 0) is 135 Å².